The van der Waals surface area contributed by atoms with E-state index in [1.54, 1.807) is 32.9 Å². The molecule has 0 radical (unpaired) electrons. The van der Waals surface area contributed by atoms with Crippen molar-refractivity contribution in [2.24, 2.45) is 0 Å². The normalized spacial score (nSPS) is 18.6. The Bertz CT molecular complexity index is 1880. The van der Waals surface area contributed by atoms with Gasteiger partial charge in [-0.05, 0) is 70.0 Å². The zero-order chi connectivity index (χ0) is 37.2. The molecule has 268 valence electrons. The molecule has 0 spiro atoms. The van der Waals surface area contributed by atoms with E-state index in [-0.39, 0.29) is 49.9 Å². The Morgan fingerprint density at radius 2 is 1.60 bits per heavy atom. The van der Waals surface area contributed by atoms with Crippen molar-refractivity contribution in [1.29, 1.82) is 0 Å². The first kappa shape index (κ1) is 39.1. The van der Waals surface area contributed by atoms with E-state index in [1.807, 2.05) is 0 Å². The summed E-state index contributed by atoms with van der Waals surface area (Å²) in [6, 6.07) is 7.42. The highest BCUT2D eigenvalue weighted by atomic mass is 35.5. The van der Waals surface area contributed by atoms with Gasteiger partial charge in [0.05, 0.1) is 20.5 Å². The number of halogens is 4. The van der Waals surface area contributed by atoms with Crippen LogP contribution in [0.2, 0.25) is 20.1 Å². The highest BCUT2D eigenvalue weighted by Crippen LogP contribution is 2.37. The van der Waals surface area contributed by atoms with Gasteiger partial charge in [-0.3, -0.25) is 14.6 Å². The summed E-state index contributed by atoms with van der Waals surface area (Å²) in [5.74, 6) is -2.90. The fourth-order valence-corrected chi connectivity index (χ4v) is 8.35. The van der Waals surface area contributed by atoms with E-state index < -0.39 is 57.1 Å². The summed E-state index contributed by atoms with van der Waals surface area (Å²) < 4.78 is 34.2. The fraction of sp³-hybridized carbons (Fsp3) is 0.344. The number of nitrogens with zero attached hydrogens (tertiary/aromatic N) is 2. The van der Waals surface area contributed by atoms with Crippen molar-refractivity contribution in [1.82, 2.24) is 19.9 Å². The van der Waals surface area contributed by atoms with E-state index in [1.165, 1.54) is 49.6 Å². The molecule has 50 heavy (non-hydrogen) atoms. The van der Waals surface area contributed by atoms with Gasteiger partial charge in [-0.1, -0.05) is 58.5 Å². The Hall–Kier alpha value is -3.66. The number of rotatable bonds is 10. The van der Waals surface area contributed by atoms with Crippen LogP contribution in [0.15, 0.2) is 59.8 Å². The number of pyridine rings is 1. The molecule has 1 saturated heterocycles. The molecule has 0 aliphatic carbocycles. The van der Waals surface area contributed by atoms with Crippen LogP contribution in [0, 0.1) is 0 Å². The van der Waals surface area contributed by atoms with Crippen LogP contribution < -0.4 is 16.0 Å². The number of carboxylic acids is 1. The Labute approximate surface area is 308 Å². The van der Waals surface area contributed by atoms with E-state index in [0.29, 0.717) is 11.3 Å². The van der Waals surface area contributed by atoms with Crippen LogP contribution in [0.25, 0.3) is 0 Å². The number of amides is 3. The maximum Gasteiger partial charge on any atom is 0.407 e. The molecule has 1 aliphatic heterocycles. The summed E-state index contributed by atoms with van der Waals surface area (Å²) in [5, 5.41) is 18.0. The molecule has 13 nitrogen and oxygen atoms in total. The summed E-state index contributed by atoms with van der Waals surface area (Å²) >= 11 is 24.3. The first-order valence-electron chi connectivity index (χ1n) is 14.9. The molecule has 0 bridgehead atoms. The van der Waals surface area contributed by atoms with Gasteiger partial charge in [0.25, 0.3) is 5.91 Å². The Kier molecular flexibility index (Phi) is 12.0. The number of alkyl carbamates (subject to hydrolysis) is 1. The number of nitrogens with one attached hydrogen (secondary N) is 3. The van der Waals surface area contributed by atoms with Gasteiger partial charge in [0.2, 0.25) is 15.9 Å². The summed E-state index contributed by atoms with van der Waals surface area (Å²) in [6.07, 6.45) is 1.29. The molecule has 4 N–H and O–H groups in total. The molecule has 3 aromatic rings. The van der Waals surface area contributed by atoms with Gasteiger partial charge in [-0.25, -0.2) is 18.0 Å². The molecule has 2 heterocycles. The van der Waals surface area contributed by atoms with E-state index in [0.717, 1.165) is 4.31 Å². The molecular weight excluding hydrogens is 756 g/mol. The lowest BCUT2D eigenvalue weighted by Gasteiger charge is -2.33. The smallest absolute Gasteiger partial charge is 0.407 e. The maximum atomic E-state index is 14.0. The lowest BCUT2D eigenvalue weighted by molar-refractivity contribution is -0.143. The van der Waals surface area contributed by atoms with Crippen molar-refractivity contribution in [3.63, 3.8) is 0 Å². The summed E-state index contributed by atoms with van der Waals surface area (Å²) in [5.41, 5.74) is -1.89. The zero-order valence-corrected chi connectivity index (χ0v) is 30.9. The molecule has 3 amide bonds. The predicted molar refractivity (Wildman–Crippen MR) is 188 cm³/mol. The zero-order valence-electron chi connectivity index (χ0n) is 27.1. The van der Waals surface area contributed by atoms with E-state index in [9.17, 15) is 32.7 Å². The molecule has 1 aromatic heterocycles. The molecule has 18 heteroatoms. The molecule has 1 aliphatic rings. The third-order valence-electron chi connectivity index (χ3n) is 7.55. The third kappa shape index (κ3) is 9.36. The van der Waals surface area contributed by atoms with Gasteiger partial charge in [0.1, 0.15) is 17.2 Å². The van der Waals surface area contributed by atoms with Gasteiger partial charge >= 0.3 is 12.1 Å². The van der Waals surface area contributed by atoms with Crippen LogP contribution in [-0.2, 0) is 30.8 Å². The first-order chi connectivity index (χ1) is 23.2. The van der Waals surface area contributed by atoms with Gasteiger partial charge in [-0.15, -0.1) is 0 Å². The number of ether oxygens (including phenoxy) is 1. The molecule has 0 saturated carbocycles. The molecule has 3 atom stereocenters. The van der Waals surface area contributed by atoms with Crippen LogP contribution in [0.4, 0.5) is 10.5 Å². The Morgan fingerprint density at radius 1 is 1.02 bits per heavy atom. The van der Waals surface area contributed by atoms with Crippen molar-refractivity contribution in [3.8, 4) is 0 Å². The number of sulfonamides is 1. The van der Waals surface area contributed by atoms with Gasteiger partial charge in [-0.2, -0.15) is 4.31 Å². The average molecular weight is 790 g/mol. The molecule has 1 fully saturated rings. The van der Waals surface area contributed by atoms with Crippen molar-refractivity contribution in [2.75, 3.05) is 11.9 Å². The predicted octanol–water partition coefficient (Wildman–Crippen LogP) is 5.81. The minimum absolute atomic E-state index is 0.0273. The van der Waals surface area contributed by atoms with Crippen LogP contribution in [0.3, 0.4) is 0 Å². The van der Waals surface area contributed by atoms with E-state index in [2.05, 4.69) is 20.9 Å². The molecule has 4 rings (SSSR count). The highest BCUT2D eigenvalue weighted by molar-refractivity contribution is 7.89. The van der Waals surface area contributed by atoms with Gasteiger partial charge in [0.15, 0.2) is 0 Å². The van der Waals surface area contributed by atoms with Gasteiger partial charge < -0.3 is 25.8 Å². The highest BCUT2D eigenvalue weighted by Gasteiger charge is 2.54. The van der Waals surface area contributed by atoms with E-state index >= 15 is 0 Å². The average Bonchev–Trinajstić information content (AvgIpc) is 3.33. The second-order valence-electron chi connectivity index (χ2n) is 12.7. The maximum absolute atomic E-state index is 14.0. The number of carbonyl (C=O) groups excluding carboxylic acids is 3. The monoisotopic (exact) mass is 787 g/mol. The van der Waals surface area contributed by atoms with Crippen molar-refractivity contribution in [2.45, 2.75) is 68.7 Å². The van der Waals surface area contributed by atoms with Crippen LogP contribution in [-0.4, -0.2) is 76.5 Å². The number of carboxylic acid groups (broad SMARTS) is 1. The van der Waals surface area contributed by atoms with Crippen LogP contribution in [0.5, 0.6) is 0 Å². The number of anilines is 1. The SMILES string of the molecule is CC(C)(C)OC(=O)N[C@H]1CN(S(=O)(=O)c2cc(Cl)cc(Cl)c2)C(C)(C(=O)N[C@@H](Cc2ccc(NC(=O)c3c(Cl)cncc3Cl)cc2)C(=O)O)C1. The fourth-order valence-electron chi connectivity index (χ4n) is 5.29. The number of aliphatic carboxylic acids is 1. The summed E-state index contributed by atoms with van der Waals surface area (Å²) in [6.45, 7) is 5.95. The van der Waals surface area contributed by atoms with Crippen LogP contribution in [0.1, 0.15) is 50.0 Å². The van der Waals surface area contributed by atoms with E-state index in [4.69, 9.17) is 51.1 Å². The topological polar surface area (TPSA) is 184 Å². The van der Waals surface area contributed by atoms with Crippen molar-refractivity contribution in [3.05, 3.63) is 86.1 Å². The standard InChI is InChI=1S/C32H33Cl4N5O8S/c1-31(2,3)49-30(46)39-21-13-32(4,41(16-21)50(47,48)22-11-18(33)10-19(34)12-22)29(45)40-25(28(43)44)9-17-5-7-20(8-6-17)38-27(42)26-23(35)14-37-15-24(26)36/h5-8,10-12,14-15,21,25H,9,13,16H2,1-4H3,(H,38,42)(H,39,46)(H,40,45)(H,43,44)/t21-,25+,32?/m1/s1. The number of hydrogen-bond acceptors (Lipinski definition) is 8. The van der Waals surface area contributed by atoms with Crippen molar-refractivity contribution < 1.29 is 37.4 Å². The molecule has 2 aromatic carbocycles. The molecular formula is C32H33Cl4N5O8S. The minimum atomic E-state index is -4.49. The number of carbonyl (C=O) groups is 4. The second-order valence-corrected chi connectivity index (χ2v) is 16.2. The van der Waals surface area contributed by atoms with Crippen LogP contribution >= 0.6 is 46.4 Å². The lowest BCUT2D eigenvalue weighted by Crippen LogP contribution is -2.58. The lowest BCUT2D eigenvalue weighted by atomic mass is 9.96. The minimum Gasteiger partial charge on any atom is -0.480 e. The largest absolute Gasteiger partial charge is 0.480 e. The summed E-state index contributed by atoms with van der Waals surface area (Å²) in [4.78, 5) is 55.2. The third-order valence-corrected chi connectivity index (χ3v) is 10.5. The summed E-state index contributed by atoms with van der Waals surface area (Å²) in [7, 11) is -4.49. The van der Waals surface area contributed by atoms with Gasteiger partial charge in [0, 0.05) is 47.1 Å². The Balaban J connectivity index is 1.56. The first-order valence-corrected chi connectivity index (χ1v) is 17.9. The second kappa shape index (κ2) is 15.3. The number of aromatic nitrogens is 1. The van der Waals surface area contributed by atoms with Crippen molar-refractivity contribution >= 4 is 86.0 Å². The Morgan fingerprint density at radius 3 is 2.14 bits per heavy atom. The number of hydrogen-bond donors (Lipinski definition) is 4. The number of benzene rings is 2. The molecule has 1 unspecified atom stereocenters. The quantitative estimate of drug-likeness (QED) is 0.197.